The Kier molecular flexibility index (Phi) is 8.47. The van der Waals surface area contributed by atoms with Crippen LogP contribution >= 0.6 is 11.8 Å². The van der Waals surface area contributed by atoms with Gasteiger partial charge in [-0.25, -0.2) is 14.0 Å². The molecule has 0 radical (unpaired) electrons. The SMILES string of the molecule is CSCC[C@H](NC(N)=O)C(=O)O[C@H](C(=O)Nc1ccc(F)cc1)c1ccccc1. The largest absolute Gasteiger partial charge is 0.446 e. The molecular formula is C20H22FN3O4S. The standard InChI is InChI=1S/C20H22FN3O4S/c1-29-12-11-16(24-20(22)27)19(26)28-17(13-5-3-2-4-6-13)18(25)23-15-9-7-14(21)8-10-15/h2-10,16-17H,11-12H2,1H3,(H,23,25)(H3,22,24,27)/t16-,17-/m0/s1. The summed E-state index contributed by atoms with van der Waals surface area (Å²) < 4.78 is 18.5. The molecule has 154 valence electrons. The highest BCUT2D eigenvalue weighted by atomic mass is 32.2. The van der Waals surface area contributed by atoms with Crippen LogP contribution < -0.4 is 16.4 Å². The van der Waals surface area contributed by atoms with E-state index in [2.05, 4.69) is 10.6 Å². The normalized spacial score (nSPS) is 12.5. The van der Waals surface area contributed by atoms with E-state index in [-0.39, 0.29) is 0 Å². The molecular weight excluding hydrogens is 397 g/mol. The lowest BCUT2D eigenvalue weighted by molar-refractivity contribution is -0.156. The molecule has 29 heavy (non-hydrogen) atoms. The predicted molar refractivity (Wildman–Crippen MR) is 110 cm³/mol. The molecule has 2 rings (SSSR count). The highest BCUT2D eigenvalue weighted by molar-refractivity contribution is 7.98. The van der Waals surface area contributed by atoms with Crippen molar-refractivity contribution in [2.45, 2.75) is 18.6 Å². The number of benzene rings is 2. The summed E-state index contributed by atoms with van der Waals surface area (Å²) in [6.07, 6.45) is 0.889. The number of halogens is 1. The number of carbonyl (C=O) groups excluding carboxylic acids is 3. The highest BCUT2D eigenvalue weighted by Gasteiger charge is 2.29. The van der Waals surface area contributed by atoms with Gasteiger partial charge in [-0.1, -0.05) is 30.3 Å². The first kappa shape index (κ1) is 22.2. The molecule has 0 aliphatic carbocycles. The summed E-state index contributed by atoms with van der Waals surface area (Å²) in [6.45, 7) is 0. The van der Waals surface area contributed by atoms with Gasteiger partial charge < -0.3 is 21.1 Å². The van der Waals surface area contributed by atoms with Crippen LogP contribution in [0.2, 0.25) is 0 Å². The van der Waals surface area contributed by atoms with Crippen molar-refractivity contribution in [3.8, 4) is 0 Å². The molecule has 0 fully saturated rings. The summed E-state index contributed by atoms with van der Waals surface area (Å²) in [4.78, 5) is 36.7. The Morgan fingerprint density at radius 3 is 2.34 bits per heavy atom. The third-order valence-corrected chi connectivity index (χ3v) is 4.54. The second kappa shape index (κ2) is 11.1. The average molecular weight is 419 g/mol. The van der Waals surface area contributed by atoms with E-state index < -0.39 is 35.9 Å². The number of ether oxygens (including phenoxy) is 1. The monoisotopic (exact) mass is 419 g/mol. The van der Waals surface area contributed by atoms with Crippen LogP contribution in [-0.4, -0.2) is 36.0 Å². The van der Waals surface area contributed by atoms with Crippen molar-refractivity contribution in [1.29, 1.82) is 0 Å². The fourth-order valence-corrected chi connectivity index (χ4v) is 2.97. The number of nitrogens with two attached hydrogens (primary N) is 1. The Labute approximate surface area is 172 Å². The molecule has 0 aromatic heterocycles. The van der Waals surface area contributed by atoms with Gasteiger partial charge in [-0.05, 0) is 42.7 Å². The fourth-order valence-electron chi connectivity index (χ4n) is 2.50. The van der Waals surface area contributed by atoms with Crippen LogP contribution in [0.15, 0.2) is 54.6 Å². The first-order chi connectivity index (χ1) is 13.9. The first-order valence-corrected chi connectivity index (χ1v) is 10.2. The molecule has 4 N–H and O–H groups in total. The number of urea groups is 1. The van der Waals surface area contributed by atoms with E-state index in [0.717, 1.165) is 0 Å². The molecule has 2 aromatic rings. The Morgan fingerprint density at radius 1 is 1.10 bits per heavy atom. The van der Waals surface area contributed by atoms with Gasteiger partial charge in [-0.3, -0.25) is 4.79 Å². The summed E-state index contributed by atoms with van der Waals surface area (Å²) in [5, 5.41) is 4.94. The van der Waals surface area contributed by atoms with Crippen molar-refractivity contribution >= 4 is 35.4 Å². The molecule has 2 atom stereocenters. The number of thioether (sulfide) groups is 1. The van der Waals surface area contributed by atoms with Crippen LogP contribution in [-0.2, 0) is 14.3 Å². The highest BCUT2D eigenvalue weighted by Crippen LogP contribution is 2.21. The number of nitrogens with one attached hydrogen (secondary N) is 2. The molecule has 9 heteroatoms. The third kappa shape index (κ3) is 7.11. The molecule has 0 spiro atoms. The topological polar surface area (TPSA) is 111 Å². The average Bonchev–Trinajstić information content (AvgIpc) is 2.71. The Bertz CT molecular complexity index is 833. The molecule has 0 saturated carbocycles. The zero-order chi connectivity index (χ0) is 21.2. The van der Waals surface area contributed by atoms with Crippen molar-refractivity contribution in [2.75, 3.05) is 17.3 Å². The minimum absolute atomic E-state index is 0.296. The Hall–Kier alpha value is -3.07. The maximum absolute atomic E-state index is 13.1. The number of hydrogen-bond acceptors (Lipinski definition) is 5. The molecule has 3 amide bonds. The van der Waals surface area contributed by atoms with Gasteiger partial charge >= 0.3 is 12.0 Å². The molecule has 0 aliphatic heterocycles. The molecule has 2 aromatic carbocycles. The lowest BCUT2D eigenvalue weighted by atomic mass is 10.1. The zero-order valence-electron chi connectivity index (χ0n) is 15.8. The van der Waals surface area contributed by atoms with Crippen molar-refractivity contribution in [2.24, 2.45) is 5.73 Å². The Balaban J connectivity index is 2.20. The number of esters is 1. The van der Waals surface area contributed by atoms with Crippen LogP contribution in [0, 0.1) is 5.82 Å². The first-order valence-electron chi connectivity index (χ1n) is 8.77. The summed E-state index contributed by atoms with van der Waals surface area (Å²) in [5.74, 6) is -1.25. The van der Waals surface area contributed by atoms with Gasteiger partial charge in [0.15, 0.2) is 0 Å². The quantitative estimate of drug-likeness (QED) is 0.542. The van der Waals surface area contributed by atoms with Crippen LogP contribution in [0.5, 0.6) is 0 Å². The van der Waals surface area contributed by atoms with E-state index in [1.165, 1.54) is 36.0 Å². The van der Waals surface area contributed by atoms with Crippen molar-refractivity contribution in [3.05, 3.63) is 66.0 Å². The van der Waals surface area contributed by atoms with Gasteiger partial charge in [0.2, 0.25) is 6.10 Å². The minimum Gasteiger partial charge on any atom is -0.446 e. The summed E-state index contributed by atoms with van der Waals surface area (Å²) in [6, 6.07) is 11.8. The smallest absolute Gasteiger partial charge is 0.329 e. The lowest BCUT2D eigenvalue weighted by Gasteiger charge is -2.22. The van der Waals surface area contributed by atoms with E-state index >= 15 is 0 Å². The fraction of sp³-hybridized carbons (Fsp3) is 0.250. The summed E-state index contributed by atoms with van der Waals surface area (Å²) >= 11 is 1.49. The molecule has 0 heterocycles. The van der Waals surface area contributed by atoms with E-state index in [1.807, 2.05) is 6.26 Å². The van der Waals surface area contributed by atoms with E-state index in [1.54, 1.807) is 30.3 Å². The maximum atomic E-state index is 13.1. The molecule has 0 saturated heterocycles. The predicted octanol–water partition coefficient (Wildman–Crippen LogP) is 2.84. The lowest BCUT2D eigenvalue weighted by Crippen LogP contribution is -2.45. The van der Waals surface area contributed by atoms with Crippen LogP contribution in [0.1, 0.15) is 18.1 Å². The van der Waals surface area contributed by atoms with Crippen LogP contribution in [0.25, 0.3) is 0 Å². The van der Waals surface area contributed by atoms with Crippen molar-refractivity contribution in [1.82, 2.24) is 5.32 Å². The van der Waals surface area contributed by atoms with Gasteiger partial charge in [0.1, 0.15) is 11.9 Å². The van der Waals surface area contributed by atoms with Crippen LogP contribution in [0.4, 0.5) is 14.9 Å². The summed E-state index contributed by atoms with van der Waals surface area (Å²) in [7, 11) is 0. The maximum Gasteiger partial charge on any atom is 0.329 e. The van der Waals surface area contributed by atoms with E-state index in [4.69, 9.17) is 10.5 Å². The number of primary amides is 1. The Morgan fingerprint density at radius 2 is 1.76 bits per heavy atom. The van der Waals surface area contributed by atoms with Crippen molar-refractivity contribution < 1.29 is 23.5 Å². The van der Waals surface area contributed by atoms with Crippen LogP contribution in [0.3, 0.4) is 0 Å². The number of anilines is 1. The van der Waals surface area contributed by atoms with E-state index in [0.29, 0.717) is 23.4 Å². The van der Waals surface area contributed by atoms with E-state index in [9.17, 15) is 18.8 Å². The van der Waals surface area contributed by atoms with Gasteiger partial charge in [0.05, 0.1) is 0 Å². The van der Waals surface area contributed by atoms with Gasteiger partial charge in [-0.15, -0.1) is 0 Å². The minimum atomic E-state index is -1.26. The third-order valence-electron chi connectivity index (χ3n) is 3.90. The van der Waals surface area contributed by atoms with Gasteiger partial charge in [-0.2, -0.15) is 11.8 Å². The number of hydrogen-bond donors (Lipinski definition) is 3. The molecule has 7 nitrogen and oxygen atoms in total. The summed E-state index contributed by atoms with van der Waals surface area (Å²) in [5.41, 5.74) is 5.94. The molecule has 0 unspecified atom stereocenters. The number of carbonyl (C=O) groups is 3. The zero-order valence-corrected chi connectivity index (χ0v) is 16.6. The number of rotatable bonds is 9. The molecule has 0 aliphatic rings. The van der Waals surface area contributed by atoms with Gasteiger partial charge in [0.25, 0.3) is 5.91 Å². The second-order valence-corrected chi connectivity index (χ2v) is 7.05. The second-order valence-electron chi connectivity index (χ2n) is 6.07. The van der Waals surface area contributed by atoms with Gasteiger partial charge in [0, 0.05) is 11.3 Å². The van der Waals surface area contributed by atoms with Crippen molar-refractivity contribution in [3.63, 3.8) is 0 Å². The number of amides is 3. The molecule has 0 bridgehead atoms.